The van der Waals surface area contributed by atoms with E-state index < -0.39 is 0 Å². The van der Waals surface area contributed by atoms with Crippen molar-refractivity contribution in [1.29, 1.82) is 0 Å². The highest BCUT2D eigenvalue weighted by atomic mass is 32.1. The third-order valence-corrected chi connectivity index (χ3v) is 3.29. The van der Waals surface area contributed by atoms with Crippen LogP contribution >= 0.6 is 11.3 Å². The van der Waals surface area contributed by atoms with E-state index in [1.54, 1.807) is 18.4 Å². The average molecular weight is 228 g/mol. The predicted octanol–water partition coefficient (Wildman–Crippen LogP) is 2.61. The largest absolute Gasteiger partial charge is 0.385 e. The van der Waals surface area contributed by atoms with E-state index in [1.807, 2.05) is 11.6 Å². The summed E-state index contributed by atoms with van der Waals surface area (Å²) in [5.41, 5.74) is 0. The molecular formula is C11H20N2OS. The highest BCUT2D eigenvalue weighted by Crippen LogP contribution is 2.19. The van der Waals surface area contributed by atoms with Crippen LogP contribution in [0.3, 0.4) is 0 Å². The van der Waals surface area contributed by atoms with Gasteiger partial charge in [0.1, 0.15) is 5.01 Å². The van der Waals surface area contributed by atoms with Crippen molar-refractivity contribution >= 4 is 11.3 Å². The third kappa shape index (κ3) is 4.28. The van der Waals surface area contributed by atoms with Crippen molar-refractivity contribution < 1.29 is 4.74 Å². The lowest BCUT2D eigenvalue weighted by atomic mass is 10.1. The van der Waals surface area contributed by atoms with Crippen LogP contribution in [0.1, 0.15) is 37.7 Å². The summed E-state index contributed by atoms with van der Waals surface area (Å²) in [6.45, 7) is 5.18. The summed E-state index contributed by atoms with van der Waals surface area (Å²) in [6, 6.07) is 0.857. The van der Waals surface area contributed by atoms with Crippen molar-refractivity contribution in [3.05, 3.63) is 16.6 Å². The second-order valence-corrected chi connectivity index (χ2v) is 4.61. The highest BCUT2D eigenvalue weighted by Gasteiger charge is 2.14. The van der Waals surface area contributed by atoms with Crippen LogP contribution < -0.4 is 5.32 Å². The fourth-order valence-corrected chi connectivity index (χ4v) is 2.27. The quantitative estimate of drug-likeness (QED) is 0.779. The Morgan fingerprint density at radius 1 is 1.60 bits per heavy atom. The molecule has 1 aromatic heterocycles. The van der Waals surface area contributed by atoms with Gasteiger partial charge >= 0.3 is 0 Å². The molecule has 0 aromatic carbocycles. The summed E-state index contributed by atoms with van der Waals surface area (Å²) in [4.78, 5) is 4.35. The zero-order valence-corrected chi connectivity index (χ0v) is 10.5. The maximum atomic E-state index is 5.07. The number of rotatable bonds is 7. The van der Waals surface area contributed by atoms with Gasteiger partial charge in [0.25, 0.3) is 0 Å². The summed E-state index contributed by atoms with van der Waals surface area (Å²) in [5.74, 6) is 0. The summed E-state index contributed by atoms with van der Waals surface area (Å²) in [7, 11) is 1.74. The van der Waals surface area contributed by atoms with Crippen LogP contribution in [0.15, 0.2) is 11.6 Å². The number of nitrogens with zero attached hydrogens (tertiary/aromatic N) is 1. The molecule has 0 radical (unpaired) electrons. The van der Waals surface area contributed by atoms with Crippen LogP contribution in [-0.2, 0) is 4.74 Å². The fourth-order valence-electron chi connectivity index (χ4n) is 1.49. The molecule has 0 bridgehead atoms. The van der Waals surface area contributed by atoms with Gasteiger partial charge in [0, 0.05) is 31.3 Å². The Hall–Kier alpha value is -0.450. The second-order valence-electron chi connectivity index (χ2n) is 3.68. The summed E-state index contributed by atoms with van der Waals surface area (Å²) < 4.78 is 5.07. The number of hydrogen-bond acceptors (Lipinski definition) is 4. The van der Waals surface area contributed by atoms with Crippen molar-refractivity contribution in [2.75, 3.05) is 13.7 Å². The van der Waals surface area contributed by atoms with Gasteiger partial charge in [-0.25, -0.2) is 4.98 Å². The lowest BCUT2D eigenvalue weighted by Gasteiger charge is -2.20. The molecule has 0 aliphatic carbocycles. The maximum absolute atomic E-state index is 5.07. The van der Waals surface area contributed by atoms with Crippen LogP contribution in [0.2, 0.25) is 0 Å². The van der Waals surface area contributed by atoms with Crippen LogP contribution in [0.25, 0.3) is 0 Å². The Balaban J connectivity index is 2.40. The molecule has 2 atom stereocenters. The van der Waals surface area contributed by atoms with E-state index in [0.717, 1.165) is 19.4 Å². The molecule has 15 heavy (non-hydrogen) atoms. The van der Waals surface area contributed by atoms with Crippen molar-refractivity contribution in [3.63, 3.8) is 0 Å². The second kappa shape index (κ2) is 6.93. The number of methoxy groups -OCH3 is 1. The summed E-state index contributed by atoms with van der Waals surface area (Å²) >= 11 is 1.72. The Morgan fingerprint density at radius 3 is 2.93 bits per heavy atom. The first-order valence-electron chi connectivity index (χ1n) is 5.42. The van der Waals surface area contributed by atoms with E-state index in [9.17, 15) is 0 Å². The molecule has 0 amide bonds. The van der Waals surface area contributed by atoms with E-state index in [2.05, 4.69) is 24.1 Å². The highest BCUT2D eigenvalue weighted by molar-refractivity contribution is 7.09. The van der Waals surface area contributed by atoms with Gasteiger partial charge in [-0.1, -0.05) is 6.92 Å². The number of nitrogens with one attached hydrogen (secondary N) is 1. The molecule has 1 aromatic rings. The van der Waals surface area contributed by atoms with Gasteiger partial charge in [-0.2, -0.15) is 0 Å². The minimum atomic E-state index is 0.386. The van der Waals surface area contributed by atoms with Crippen molar-refractivity contribution in [1.82, 2.24) is 10.3 Å². The van der Waals surface area contributed by atoms with E-state index in [1.165, 1.54) is 5.01 Å². The van der Waals surface area contributed by atoms with E-state index in [0.29, 0.717) is 12.1 Å². The van der Waals surface area contributed by atoms with Crippen molar-refractivity contribution in [2.24, 2.45) is 0 Å². The Kier molecular flexibility index (Phi) is 5.83. The van der Waals surface area contributed by atoms with Gasteiger partial charge in [0.15, 0.2) is 0 Å². The van der Waals surface area contributed by atoms with Gasteiger partial charge in [0.2, 0.25) is 0 Å². The van der Waals surface area contributed by atoms with Crippen molar-refractivity contribution in [3.8, 4) is 0 Å². The molecule has 3 nitrogen and oxygen atoms in total. The van der Waals surface area contributed by atoms with Gasteiger partial charge in [-0.15, -0.1) is 11.3 Å². The molecular weight excluding hydrogens is 208 g/mol. The Morgan fingerprint density at radius 2 is 2.40 bits per heavy atom. The number of hydrogen-bond donors (Lipinski definition) is 1. The van der Waals surface area contributed by atoms with Gasteiger partial charge in [0.05, 0.1) is 6.04 Å². The molecule has 1 rings (SSSR count). The molecule has 0 saturated heterocycles. The lowest BCUT2D eigenvalue weighted by molar-refractivity contribution is 0.182. The minimum Gasteiger partial charge on any atom is -0.385 e. The third-order valence-electron chi connectivity index (χ3n) is 2.40. The molecule has 0 aliphatic rings. The predicted molar refractivity (Wildman–Crippen MR) is 64.2 cm³/mol. The van der Waals surface area contributed by atoms with E-state index >= 15 is 0 Å². The SMILES string of the molecule is CCC(NC(C)CCOC)c1nccs1. The topological polar surface area (TPSA) is 34.1 Å². The summed E-state index contributed by atoms with van der Waals surface area (Å²) in [6.07, 6.45) is 3.98. The average Bonchev–Trinajstić information content (AvgIpc) is 2.76. The molecule has 1 N–H and O–H groups in total. The Bertz CT molecular complexity index is 251. The van der Waals surface area contributed by atoms with Gasteiger partial charge in [-0.3, -0.25) is 0 Å². The first kappa shape index (κ1) is 12.6. The van der Waals surface area contributed by atoms with E-state index in [-0.39, 0.29) is 0 Å². The monoisotopic (exact) mass is 228 g/mol. The smallest absolute Gasteiger partial charge is 0.109 e. The number of aromatic nitrogens is 1. The normalized spacial score (nSPS) is 15.1. The van der Waals surface area contributed by atoms with Crippen LogP contribution in [0.4, 0.5) is 0 Å². The molecule has 1 heterocycles. The Labute approximate surface area is 95.9 Å². The molecule has 2 unspecified atom stereocenters. The molecule has 0 spiro atoms. The zero-order valence-electron chi connectivity index (χ0n) is 9.69. The van der Waals surface area contributed by atoms with Gasteiger partial charge in [-0.05, 0) is 19.8 Å². The van der Waals surface area contributed by atoms with Crippen molar-refractivity contribution in [2.45, 2.75) is 38.8 Å². The standard InChI is InChI=1S/C11H20N2OS/c1-4-10(11-12-6-8-15-11)13-9(2)5-7-14-3/h6,8-10,13H,4-5,7H2,1-3H3. The minimum absolute atomic E-state index is 0.386. The maximum Gasteiger partial charge on any atom is 0.109 e. The van der Waals surface area contributed by atoms with Crippen LogP contribution in [0.5, 0.6) is 0 Å². The van der Waals surface area contributed by atoms with Crippen LogP contribution in [-0.4, -0.2) is 24.7 Å². The van der Waals surface area contributed by atoms with Crippen LogP contribution in [0, 0.1) is 0 Å². The molecule has 0 aliphatic heterocycles. The summed E-state index contributed by atoms with van der Waals surface area (Å²) in [5, 5.41) is 6.78. The van der Waals surface area contributed by atoms with E-state index in [4.69, 9.17) is 4.74 Å². The fraction of sp³-hybridized carbons (Fsp3) is 0.727. The molecule has 4 heteroatoms. The number of thiazole rings is 1. The molecule has 0 saturated carbocycles. The zero-order chi connectivity index (χ0) is 11.1. The molecule has 86 valence electrons. The lowest BCUT2D eigenvalue weighted by Crippen LogP contribution is -2.31. The first-order chi connectivity index (χ1) is 7.27. The number of ether oxygens (including phenoxy) is 1. The van der Waals surface area contributed by atoms with Gasteiger partial charge < -0.3 is 10.1 Å². The first-order valence-corrected chi connectivity index (χ1v) is 6.30. The molecule has 0 fully saturated rings.